The van der Waals surface area contributed by atoms with Crippen LogP contribution in [-0.2, 0) is 35.1 Å². The van der Waals surface area contributed by atoms with Crippen LogP contribution in [0, 0.1) is 5.41 Å². The summed E-state index contributed by atoms with van der Waals surface area (Å²) in [5, 5.41) is 24.7. The Morgan fingerprint density at radius 2 is 1.82 bits per heavy atom. The SMILES string of the molecule is COC(=O)CCC(=O)N[C@@H](CCCNC(=N)N)C(=O)N1CCC[C@H]1C(=O)N[C@@H](Cc1ccc(O)cc1)C(=O)NN. The van der Waals surface area contributed by atoms with Gasteiger partial charge in [0.05, 0.1) is 13.5 Å². The Morgan fingerprint density at radius 1 is 1.12 bits per heavy atom. The molecule has 1 saturated heterocycles. The summed E-state index contributed by atoms with van der Waals surface area (Å²) in [5.74, 6) is 2.38. The first-order chi connectivity index (χ1) is 19.0. The number of nitrogens with one attached hydrogen (secondary N) is 5. The minimum absolute atomic E-state index is 0.0525. The molecule has 1 aliphatic rings. The number of rotatable bonds is 14. The maximum absolute atomic E-state index is 13.5. The number of methoxy groups -OCH3 is 1. The largest absolute Gasteiger partial charge is 0.508 e. The highest BCUT2D eigenvalue weighted by molar-refractivity contribution is 5.95. The monoisotopic (exact) mass is 562 g/mol. The van der Waals surface area contributed by atoms with Crippen LogP contribution in [0.3, 0.4) is 0 Å². The second kappa shape index (κ2) is 15.9. The van der Waals surface area contributed by atoms with E-state index in [1.165, 1.54) is 24.1 Å². The molecule has 1 heterocycles. The molecule has 0 aliphatic carbocycles. The number of likely N-dealkylation sites (tertiary alicyclic amines) is 1. The van der Waals surface area contributed by atoms with Gasteiger partial charge in [-0.2, -0.15) is 0 Å². The van der Waals surface area contributed by atoms with Crippen LogP contribution in [0.15, 0.2) is 24.3 Å². The lowest BCUT2D eigenvalue weighted by Gasteiger charge is -2.30. The normalized spacial score (nSPS) is 15.8. The third kappa shape index (κ3) is 10.1. The van der Waals surface area contributed by atoms with E-state index < -0.39 is 47.7 Å². The van der Waals surface area contributed by atoms with Crippen molar-refractivity contribution in [2.24, 2.45) is 11.6 Å². The molecule has 0 bridgehead atoms. The number of aromatic hydroxyl groups is 1. The number of nitrogens with two attached hydrogens (primary N) is 2. The van der Waals surface area contributed by atoms with Gasteiger partial charge in [0, 0.05) is 25.9 Å². The van der Waals surface area contributed by atoms with Gasteiger partial charge in [-0.3, -0.25) is 34.8 Å². The Hall–Kier alpha value is -4.40. The van der Waals surface area contributed by atoms with Gasteiger partial charge >= 0.3 is 5.97 Å². The Bertz CT molecular complexity index is 1070. The highest BCUT2D eigenvalue weighted by atomic mass is 16.5. The molecular formula is C25H38N8O7. The summed E-state index contributed by atoms with van der Waals surface area (Å²) in [4.78, 5) is 64.5. The lowest BCUT2D eigenvalue weighted by molar-refractivity contribution is -0.143. The molecule has 2 rings (SSSR count). The highest BCUT2D eigenvalue weighted by Gasteiger charge is 2.38. The predicted octanol–water partition coefficient (Wildman–Crippen LogP) is -1.90. The van der Waals surface area contributed by atoms with Gasteiger partial charge in [-0.15, -0.1) is 0 Å². The lowest BCUT2D eigenvalue weighted by Crippen LogP contribution is -2.57. The molecule has 1 aliphatic heterocycles. The van der Waals surface area contributed by atoms with Crippen LogP contribution in [0.5, 0.6) is 5.75 Å². The molecule has 10 N–H and O–H groups in total. The first kappa shape index (κ1) is 31.8. The first-order valence-electron chi connectivity index (χ1n) is 12.9. The first-order valence-corrected chi connectivity index (χ1v) is 12.9. The van der Waals surface area contributed by atoms with E-state index in [1.54, 1.807) is 12.1 Å². The van der Waals surface area contributed by atoms with Crippen molar-refractivity contribution in [3.8, 4) is 5.75 Å². The number of hydrogen-bond donors (Lipinski definition) is 8. The van der Waals surface area contributed by atoms with E-state index in [1.807, 2.05) is 5.43 Å². The van der Waals surface area contributed by atoms with Crippen LogP contribution < -0.4 is 33.0 Å². The summed E-state index contributed by atoms with van der Waals surface area (Å²) in [6, 6.07) is 3.22. The van der Waals surface area contributed by atoms with Gasteiger partial charge < -0.3 is 36.4 Å². The summed E-state index contributed by atoms with van der Waals surface area (Å²) in [6.45, 7) is 0.553. The van der Waals surface area contributed by atoms with Crippen LogP contribution in [0.2, 0.25) is 0 Å². The van der Waals surface area contributed by atoms with Crippen LogP contribution in [0.1, 0.15) is 44.1 Å². The Morgan fingerprint density at radius 3 is 2.45 bits per heavy atom. The minimum atomic E-state index is -1.04. The number of amides is 4. The molecule has 40 heavy (non-hydrogen) atoms. The fraction of sp³-hybridized carbons (Fsp3) is 0.520. The van der Waals surface area contributed by atoms with Crippen molar-refractivity contribution in [2.45, 2.75) is 63.1 Å². The van der Waals surface area contributed by atoms with Crippen molar-refractivity contribution in [2.75, 3.05) is 20.2 Å². The zero-order valence-corrected chi connectivity index (χ0v) is 22.4. The molecule has 4 amide bonds. The van der Waals surface area contributed by atoms with E-state index in [0.717, 1.165) is 0 Å². The molecule has 15 heteroatoms. The van der Waals surface area contributed by atoms with Crippen LogP contribution in [0.4, 0.5) is 0 Å². The fourth-order valence-electron chi connectivity index (χ4n) is 4.32. The smallest absolute Gasteiger partial charge is 0.306 e. The zero-order valence-electron chi connectivity index (χ0n) is 22.4. The van der Waals surface area contributed by atoms with Gasteiger partial charge in [0.2, 0.25) is 17.7 Å². The van der Waals surface area contributed by atoms with Crippen LogP contribution >= 0.6 is 0 Å². The number of nitrogens with zero attached hydrogens (tertiary/aromatic N) is 1. The summed E-state index contributed by atoms with van der Waals surface area (Å²) in [5.41, 5.74) is 8.00. The summed E-state index contributed by atoms with van der Waals surface area (Å²) >= 11 is 0. The Kier molecular flexibility index (Phi) is 12.6. The zero-order chi connectivity index (χ0) is 29.7. The molecule has 0 saturated carbocycles. The van der Waals surface area contributed by atoms with E-state index in [0.29, 0.717) is 24.8 Å². The van der Waals surface area contributed by atoms with Gasteiger partial charge in [-0.25, -0.2) is 5.84 Å². The number of phenols is 1. The summed E-state index contributed by atoms with van der Waals surface area (Å²) in [6.07, 6.45) is 1.20. The predicted molar refractivity (Wildman–Crippen MR) is 143 cm³/mol. The fourth-order valence-corrected chi connectivity index (χ4v) is 4.32. The van der Waals surface area contributed by atoms with Crippen molar-refractivity contribution in [1.29, 1.82) is 5.41 Å². The molecule has 0 spiro atoms. The second-order valence-corrected chi connectivity index (χ2v) is 9.31. The molecule has 1 aromatic rings. The van der Waals surface area contributed by atoms with Crippen molar-refractivity contribution >= 4 is 35.6 Å². The quantitative estimate of drug-likeness (QED) is 0.0238. The van der Waals surface area contributed by atoms with Gasteiger partial charge in [-0.05, 0) is 43.4 Å². The number of carbonyl (C=O) groups is 5. The number of phenolic OH excluding ortho intramolecular Hbond substituents is 1. The molecule has 0 radical (unpaired) electrons. The maximum Gasteiger partial charge on any atom is 0.306 e. The van der Waals surface area contributed by atoms with Crippen molar-refractivity contribution < 1.29 is 33.8 Å². The Labute approximate surface area is 231 Å². The van der Waals surface area contributed by atoms with E-state index >= 15 is 0 Å². The van der Waals surface area contributed by atoms with Crippen molar-refractivity contribution in [3.63, 3.8) is 0 Å². The number of esters is 1. The number of ether oxygens (including phenoxy) is 1. The number of carbonyl (C=O) groups excluding carboxylic acids is 5. The third-order valence-corrected chi connectivity index (χ3v) is 6.39. The van der Waals surface area contributed by atoms with E-state index in [9.17, 15) is 29.1 Å². The average molecular weight is 563 g/mol. The molecule has 1 aromatic carbocycles. The molecule has 0 unspecified atom stereocenters. The summed E-state index contributed by atoms with van der Waals surface area (Å²) < 4.78 is 4.55. The molecular weight excluding hydrogens is 524 g/mol. The molecule has 3 atom stereocenters. The second-order valence-electron chi connectivity index (χ2n) is 9.31. The summed E-state index contributed by atoms with van der Waals surface area (Å²) in [7, 11) is 1.21. The molecule has 15 nitrogen and oxygen atoms in total. The highest BCUT2D eigenvalue weighted by Crippen LogP contribution is 2.20. The molecule has 0 aromatic heterocycles. The van der Waals surface area contributed by atoms with Crippen molar-refractivity contribution in [1.82, 2.24) is 26.3 Å². The topological polar surface area (TPSA) is 242 Å². The molecule has 220 valence electrons. The van der Waals surface area contributed by atoms with Gasteiger partial charge in [0.1, 0.15) is 23.9 Å². The number of hydrazine groups is 1. The Balaban J connectivity index is 2.13. The third-order valence-electron chi connectivity index (χ3n) is 6.39. The lowest BCUT2D eigenvalue weighted by atomic mass is 10.0. The molecule has 1 fully saturated rings. The number of hydrogen-bond acceptors (Lipinski definition) is 9. The number of benzene rings is 1. The van der Waals surface area contributed by atoms with Crippen molar-refractivity contribution in [3.05, 3.63) is 29.8 Å². The van der Waals surface area contributed by atoms with Crippen LogP contribution in [0.25, 0.3) is 0 Å². The van der Waals surface area contributed by atoms with Gasteiger partial charge in [0.25, 0.3) is 5.91 Å². The van der Waals surface area contributed by atoms with E-state index in [4.69, 9.17) is 17.0 Å². The maximum atomic E-state index is 13.5. The van der Waals surface area contributed by atoms with Gasteiger partial charge in [-0.1, -0.05) is 12.1 Å². The van der Waals surface area contributed by atoms with E-state index in [2.05, 4.69) is 20.7 Å². The standard InChI is InChI=1S/C25H38N8O7/c1-40-21(36)11-10-20(35)30-17(4-2-12-29-25(26)27)24(39)33-13-3-5-19(33)23(38)31-18(22(37)32-28)14-15-6-8-16(34)9-7-15/h6-9,17-19,34H,2-5,10-14,28H2,1H3,(H,30,35)(H,31,38)(H,32,37)(H4,26,27,29)/t17-,18-,19-/m0/s1. The average Bonchev–Trinajstić information content (AvgIpc) is 3.43. The number of guanidine groups is 1. The van der Waals surface area contributed by atoms with Gasteiger partial charge in [0.15, 0.2) is 5.96 Å². The minimum Gasteiger partial charge on any atom is -0.508 e. The van der Waals surface area contributed by atoms with E-state index in [-0.39, 0.29) is 50.5 Å². The van der Waals surface area contributed by atoms with Crippen LogP contribution in [-0.4, -0.2) is 83.9 Å².